The Morgan fingerprint density at radius 1 is 1.17 bits per heavy atom. The summed E-state index contributed by atoms with van der Waals surface area (Å²) in [6.45, 7) is 1.54. The van der Waals surface area contributed by atoms with Gasteiger partial charge in [-0.05, 0) is 37.3 Å². The monoisotopic (exact) mass is 376 g/mol. The first-order valence-electron chi connectivity index (χ1n) is 6.98. The third kappa shape index (κ3) is 4.10. The molecule has 0 aliphatic carbocycles. The highest BCUT2D eigenvalue weighted by molar-refractivity contribution is 9.10. The van der Waals surface area contributed by atoms with Crippen molar-refractivity contribution in [1.82, 2.24) is 0 Å². The number of ether oxygens (including phenoxy) is 1. The maximum Gasteiger partial charge on any atom is 0.341 e. The molecule has 2 rings (SSSR count). The van der Waals surface area contributed by atoms with Gasteiger partial charge >= 0.3 is 5.97 Å². The van der Waals surface area contributed by atoms with Crippen molar-refractivity contribution in [3.8, 4) is 0 Å². The molecule has 1 atom stereocenters. The standard InChI is InChI=1S/C17H17BrN2O3/c1-11(16(21)20(2)13-6-4-3-5-7-13)23-17(22)14-10-12(18)8-9-15(14)19/h3-11H,19H2,1-2H3/t11-/m1/s1. The van der Waals surface area contributed by atoms with Gasteiger partial charge in [-0.15, -0.1) is 0 Å². The number of anilines is 2. The van der Waals surface area contributed by atoms with Gasteiger partial charge in [0.2, 0.25) is 0 Å². The van der Waals surface area contributed by atoms with Crippen LogP contribution in [-0.2, 0) is 9.53 Å². The predicted octanol–water partition coefficient (Wildman–Crippen LogP) is 3.24. The number of carbonyl (C=O) groups excluding carboxylic acids is 2. The lowest BCUT2D eigenvalue weighted by Gasteiger charge is -2.21. The fraction of sp³-hybridized carbons (Fsp3) is 0.176. The summed E-state index contributed by atoms with van der Waals surface area (Å²) in [7, 11) is 1.63. The van der Waals surface area contributed by atoms with Crippen LogP contribution in [0.2, 0.25) is 0 Å². The smallest absolute Gasteiger partial charge is 0.341 e. The van der Waals surface area contributed by atoms with Gasteiger partial charge in [-0.25, -0.2) is 4.79 Å². The fourth-order valence-corrected chi connectivity index (χ4v) is 2.39. The Hall–Kier alpha value is -2.34. The van der Waals surface area contributed by atoms with Crippen molar-refractivity contribution in [3.05, 3.63) is 58.6 Å². The summed E-state index contributed by atoms with van der Waals surface area (Å²) >= 11 is 3.28. The van der Waals surface area contributed by atoms with Gasteiger partial charge < -0.3 is 15.4 Å². The quantitative estimate of drug-likeness (QED) is 0.656. The second-order valence-electron chi connectivity index (χ2n) is 5.01. The molecule has 0 aliphatic rings. The van der Waals surface area contributed by atoms with E-state index in [0.717, 1.165) is 5.69 Å². The Balaban J connectivity index is 2.09. The number of halogens is 1. The van der Waals surface area contributed by atoms with Crippen molar-refractivity contribution in [2.75, 3.05) is 17.7 Å². The Morgan fingerprint density at radius 2 is 1.83 bits per heavy atom. The molecule has 5 nitrogen and oxygen atoms in total. The van der Waals surface area contributed by atoms with Crippen LogP contribution in [-0.4, -0.2) is 25.0 Å². The molecule has 0 radical (unpaired) electrons. The molecule has 2 N–H and O–H groups in total. The van der Waals surface area contributed by atoms with E-state index < -0.39 is 12.1 Å². The van der Waals surface area contributed by atoms with E-state index in [2.05, 4.69) is 15.9 Å². The topological polar surface area (TPSA) is 72.6 Å². The van der Waals surface area contributed by atoms with E-state index in [0.29, 0.717) is 10.2 Å². The van der Waals surface area contributed by atoms with Crippen molar-refractivity contribution in [3.63, 3.8) is 0 Å². The highest BCUT2D eigenvalue weighted by atomic mass is 79.9. The van der Waals surface area contributed by atoms with E-state index in [1.807, 2.05) is 18.2 Å². The molecule has 1 amide bonds. The van der Waals surface area contributed by atoms with Crippen LogP contribution in [0.15, 0.2) is 53.0 Å². The number of likely N-dealkylation sites (N-methyl/N-ethyl adjacent to an activating group) is 1. The maximum absolute atomic E-state index is 12.4. The van der Waals surface area contributed by atoms with Crippen molar-refractivity contribution in [1.29, 1.82) is 0 Å². The Labute approximate surface area is 143 Å². The molecular weight excluding hydrogens is 360 g/mol. The molecule has 2 aromatic carbocycles. The van der Waals surface area contributed by atoms with E-state index in [9.17, 15) is 9.59 Å². The number of nitrogens with zero attached hydrogens (tertiary/aromatic N) is 1. The molecule has 0 saturated carbocycles. The third-order valence-corrected chi connectivity index (χ3v) is 3.83. The highest BCUT2D eigenvalue weighted by Crippen LogP contribution is 2.20. The SMILES string of the molecule is C[C@@H](OC(=O)c1cc(Br)ccc1N)C(=O)N(C)c1ccccc1. The molecule has 2 aromatic rings. The number of nitrogen functional groups attached to an aromatic ring is 1. The van der Waals surface area contributed by atoms with E-state index >= 15 is 0 Å². The van der Waals surface area contributed by atoms with Crippen LogP contribution in [0.1, 0.15) is 17.3 Å². The second kappa shape index (κ2) is 7.28. The Bertz CT molecular complexity index is 719. The molecule has 6 heteroatoms. The van der Waals surface area contributed by atoms with Gasteiger partial charge in [0, 0.05) is 22.9 Å². The molecule has 0 fully saturated rings. The molecule has 0 aromatic heterocycles. The molecule has 120 valence electrons. The van der Waals surface area contributed by atoms with Crippen molar-refractivity contribution in [2.45, 2.75) is 13.0 Å². The van der Waals surface area contributed by atoms with E-state index in [1.165, 1.54) is 11.8 Å². The fourth-order valence-electron chi connectivity index (χ4n) is 2.03. The normalized spacial score (nSPS) is 11.6. The minimum Gasteiger partial charge on any atom is -0.449 e. The van der Waals surface area contributed by atoms with Crippen LogP contribution in [0.5, 0.6) is 0 Å². The van der Waals surface area contributed by atoms with Gasteiger partial charge in [-0.1, -0.05) is 34.1 Å². The summed E-state index contributed by atoms with van der Waals surface area (Å²) in [6, 6.07) is 14.0. The zero-order valence-corrected chi connectivity index (χ0v) is 14.4. The Morgan fingerprint density at radius 3 is 2.48 bits per heavy atom. The van der Waals surface area contributed by atoms with Gasteiger partial charge in [0.1, 0.15) is 0 Å². The third-order valence-electron chi connectivity index (χ3n) is 3.34. The lowest BCUT2D eigenvalue weighted by atomic mass is 10.2. The summed E-state index contributed by atoms with van der Waals surface area (Å²) in [5.74, 6) is -0.954. The van der Waals surface area contributed by atoms with Crippen LogP contribution in [0.3, 0.4) is 0 Å². The summed E-state index contributed by atoms with van der Waals surface area (Å²) in [5, 5.41) is 0. The number of benzene rings is 2. The van der Waals surface area contributed by atoms with Gasteiger partial charge in [0.25, 0.3) is 5.91 Å². The number of amides is 1. The number of rotatable bonds is 4. The van der Waals surface area contributed by atoms with Crippen LogP contribution in [0.4, 0.5) is 11.4 Å². The number of hydrogen-bond donors (Lipinski definition) is 1. The number of hydrogen-bond acceptors (Lipinski definition) is 4. The number of esters is 1. The number of para-hydroxylation sites is 1. The average molecular weight is 377 g/mol. The zero-order chi connectivity index (χ0) is 17.0. The summed E-state index contributed by atoms with van der Waals surface area (Å²) in [5.41, 5.74) is 7.02. The zero-order valence-electron chi connectivity index (χ0n) is 12.8. The van der Waals surface area contributed by atoms with E-state index in [4.69, 9.17) is 10.5 Å². The molecule has 23 heavy (non-hydrogen) atoms. The van der Waals surface area contributed by atoms with Crippen molar-refractivity contribution >= 4 is 39.2 Å². The van der Waals surface area contributed by atoms with Crippen LogP contribution in [0, 0.1) is 0 Å². The average Bonchev–Trinajstić information content (AvgIpc) is 2.56. The first-order valence-corrected chi connectivity index (χ1v) is 7.78. The molecule has 0 bridgehead atoms. The van der Waals surface area contributed by atoms with Gasteiger partial charge in [-0.3, -0.25) is 4.79 Å². The van der Waals surface area contributed by atoms with E-state index in [-0.39, 0.29) is 11.5 Å². The van der Waals surface area contributed by atoms with Gasteiger partial charge in [0.05, 0.1) is 5.56 Å². The molecule has 0 spiro atoms. The minimum absolute atomic E-state index is 0.224. The van der Waals surface area contributed by atoms with Gasteiger partial charge in [-0.2, -0.15) is 0 Å². The predicted molar refractivity (Wildman–Crippen MR) is 93.3 cm³/mol. The van der Waals surface area contributed by atoms with Crippen molar-refractivity contribution in [2.24, 2.45) is 0 Å². The Kier molecular flexibility index (Phi) is 5.39. The summed E-state index contributed by atoms with van der Waals surface area (Å²) in [6.07, 6.45) is -0.925. The summed E-state index contributed by atoms with van der Waals surface area (Å²) in [4.78, 5) is 26.0. The first kappa shape index (κ1) is 17.0. The lowest BCUT2D eigenvalue weighted by Crippen LogP contribution is -2.37. The van der Waals surface area contributed by atoms with Crippen molar-refractivity contribution < 1.29 is 14.3 Å². The number of carbonyl (C=O) groups is 2. The highest BCUT2D eigenvalue weighted by Gasteiger charge is 2.24. The molecule has 0 heterocycles. The van der Waals surface area contributed by atoms with Crippen LogP contribution < -0.4 is 10.6 Å². The molecule has 0 aliphatic heterocycles. The second-order valence-corrected chi connectivity index (χ2v) is 5.93. The molecular formula is C17H17BrN2O3. The van der Waals surface area contributed by atoms with E-state index in [1.54, 1.807) is 37.4 Å². The minimum atomic E-state index is -0.925. The first-order chi connectivity index (χ1) is 10.9. The lowest BCUT2D eigenvalue weighted by molar-refractivity contribution is -0.126. The summed E-state index contributed by atoms with van der Waals surface area (Å²) < 4.78 is 5.95. The maximum atomic E-state index is 12.4. The molecule has 0 saturated heterocycles. The van der Waals surface area contributed by atoms with Crippen LogP contribution >= 0.6 is 15.9 Å². The molecule has 0 unspecified atom stereocenters. The largest absolute Gasteiger partial charge is 0.449 e. The van der Waals surface area contributed by atoms with Gasteiger partial charge in [0.15, 0.2) is 6.10 Å². The van der Waals surface area contributed by atoms with Crippen LogP contribution in [0.25, 0.3) is 0 Å². The number of nitrogens with two attached hydrogens (primary N) is 1.